The molecule has 1 saturated carbocycles. The Kier molecular flexibility index (Phi) is 7.35. The van der Waals surface area contributed by atoms with Gasteiger partial charge in [-0.15, -0.1) is 0 Å². The quantitative estimate of drug-likeness (QED) is 0.153. The van der Waals surface area contributed by atoms with Gasteiger partial charge in [0, 0.05) is 24.4 Å². The van der Waals surface area contributed by atoms with Gasteiger partial charge in [-0.2, -0.15) is 4.98 Å². The van der Waals surface area contributed by atoms with Gasteiger partial charge < -0.3 is 29.2 Å². The summed E-state index contributed by atoms with van der Waals surface area (Å²) in [7, 11) is 0. The third kappa shape index (κ3) is 5.09. The molecular formula is C23H25FN10O8P2S2. The van der Waals surface area contributed by atoms with Crippen molar-refractivity contribution >= 4 is 72.0 Å². The van der Waals surface area contributed by atoms with Gasteiger partial charge in [0.15, 0.2) is 35.0 Å². The van der Waals surface area contributed by atoms with Crippen molar-refractivity contribution in [1.29, 1.82) is 0 Å². The standard InChI is InChI=1S/C23H25FN10O8P2S2/c24-14-17-13(41-22(14)34-9-29-15-18(25)27-7-28-19(15)34)6-40-43(36,45)39-5-11-10(4-38-44(37,46)42-17)3-12(11)33-8-30-16-20(35)31-23-26-1-2-32(23)21(16)33/h1-2,7-14,17,22H,3-6H2,(H,36,45)(H,37,46)(H2,25,27,28)(H,26,31,35)/t10-,11-,12-,13-,14-,17-,22-,43-,44+/m1/s1. The molecule has 0 amide bonds. The minimum Gasteiger partial charge on any atom is -0.492 e. The van der Waals surface area contributed by atoms with Gasteiger partial charge in [0.1, 0.15) is 24.1 Å². The van der Waals surface area contributed by atoms with Gasteiger partial charge in [0.05, 0.1) is 32.5 Å². The predicted octanol–water partition coefficient (Wildman–Crippen LogP) is 3.14. The molecule has 0 radical (unpaired) electrons. The Labute approximate surface area is 268 Å². The highest BCUT2D eigenvalue weighted by Crippen LogP contribution is 2.60. The van der Waals surface area contributed by atoms with Crippen LogP contribution in [0.1, 0.15) is 18.7 Å². The third-order valence-electron chi connectivity index (χ3n) is 8.50. The highest BCUT2D eigenvalue weighted by Gasteiger charge is 2.52. The number of fused-ring (bicyclic) bond motifs is 6. The fourth-order valence-electron chi connectivity index (χ4n) is 6.22. The number of alkyl halides is 1. The molecule has 2 saturated heterocycles. The molecule has 3 fully saturated rings. The molecular weight excluding hydrogens is 689 g/mol. The van der Waals surface area contributed by atoms with Crippen molar-refractivity contribution in [2.75, 3.05) is 25.6 Å². The molecule has 0 unspecified atom stereocenters. The molecule has 0 bridgehead atoms. The summed E-state index contributed by atoms with van der Waals surface area (Å²) in [5.74, 6) is -0.579. The van der Waals surface area contributed by atoms with Crippen LogP contribution in [0.2, 0.25) is 0 Å². The van der Waals surface area contributed by atoms with Crippen LogP contribution in [0.25, 0.3) is 28.1 Å². The minimum absolute atomic E-state index is 0.0867. The lowest BCUT2D eigenvalue weighted by Gasteiger charge is -2.45. The molecule has 2 aliphatic heterocycles. The Morgan fingerprint density at radius 3 is 2.59 bits per heavy atom. The fraction of sp³-hybridized carbons (Fsp3) is 0.478. The number of aromatic nitrogens is 9. The number of rotatable bonds is 2. The highest BCUT2D eigenvalue weighted by atomic mass is 32.7. The average molecular weight is 715 g/mol. The molecule has 7 heterocycles. The second kappa shape index (κ2) is 11.1. The lowest BCUT2D eigenvalue weighted by Crippen LogP contribution is -2.43. The van der Waals surface area contributed by atoms with E-state index in [1.165, 1.54) is 17.2 Å². The number of aromatic hydroxyl groups is 1. The number of hydrogen-bond donors (Lipinski definition) is 4. The first-order valence-electron chi connectivity index (χ1n) is 13.9. The Morgan fingerprint density at radius 1 is 0.978 bits per heavy atom. The molecule has 18 nitrogen and oxygen atoms in total. The van der Waals surface area contributed by atoms with Gasteiger partial charge in [-0.25, -0.2) is 38.4 Å². The zero-order valence-electron chi connectivity index (χ0n) is 23.3. The van der Waals surface area contributed by atoms with E-state index in [2.05, 4.69) is 54.4 Å². The summed E-state index contributed by atoms with van der Waals surface area (Å²) in [5, 5.41) is 10.4. The molecule has 3 N–H and O–H groups in total. The van der Waals surface area contributed by atoms with E-state index in [9.17, 15) is 14.2 Å². The van der Waals surface area contributed by atoms with Crippen molar-refractivity contribution < 1.29 is 41.5 Å². The molecule has 3 aliphatic rings. The van der Waals surface area contributed by atoms with Gasteiger partial charge in [-0.1, -0.05) is 24.5 Å². The maximum Gasteiger partial charge on any atom is 0.386 e. The van der Waals surface area contributed by atoms with E-state index in [0.29, 0.717) is 12.1 Å². The van der Waals surface area contributed by atoms with Crippen molar-refractivity contribution in [2.24, 2.45) is 11.8 Å². The molecule has 244 valence electrons. The first-order chi connectivity index (χ1) is 22.0. The van der Waals surface area contributed by atoms with E-state index in [0.717, 1.165) is 0 Å². The fourth-order valence-corrected chi connectivity index (χ4v) is 8.91. The predicted molar refractivity (Wildman–Crippen MR) is 163 cm³/mol. The smallest absolute Gasteiger partial charge is 0.386 e. The Morgan fingerprint density at radius 2 is 1.74 bits per heavy atom. The van der Waals surface area contributed by atoms with Crippen LogP contribution in [0, 0.1) is 11.8 Å². The highest BCUT2D eigenvalue weighted by molar-refractivity contribution is 8.44. The van der Waals surface area contributed by atoms with Crippen LogP contribution >= 0.6 is 38.1 Å². The Bertz CT molecular complexity index is 2080. The summed E-state index contributed by atoms with van der Waals surface area (Å²) in [4.78, 5) is 24.7. The zero-order valence-corrected chi connectivity index (χ0v) is 26.9. The average Bonchev–Trinajstić information content (AvgIpc) is 3.78. The molecule has 5 aromatic rings. The van der Waals surface area contributed by atoms with Crippen molar-refractivity contribution in [2.45, 2.75) is 37.1 Å². The van der Waals surface area contributed by atoms with Crippen LogP contribution in [0.15, 0.2) is 31.4 Å². The summed E-state index contributed by atoms with van der Waals surface area (Å²) in [6.07, 6.45) is 1.66. The Balaban J connectivity index is 1.07. The molecule has 9 atom stereocenters. The second-order valence-corrected chi connectivity index (χ2v) is 16.9. The minimum atomic E-state index is -4.18. The SMILES string of the molecule is Nc1ncnc2c1ncn2[C@@H]1O[C@@H]2CO[P@](=O)(S)OC[C@@H]3[C@@H](CO[P@](=O)(S)O[C@H]2[C@H]1F)C[C@H]3n1cnc2c(O)nc3nccn3c21. The van der Waals surface area contributed by atoms with E-state index in [1.54, 1.807) is 23.1 Å². The number of anilines is 1. The second-order valence-electron chi connectivity index (χ2n) is 11.1. The van der Waals surface area contributed by atoms with Crippen LogP contribution in [0.3, 0.4) is 0 Å². The molecule has 46 heavy (non-hydrogen) atoms. The third-order valence-corrected chi connectivity index (χ3v) is 11.8. The largest absolute Gasteiger partial charge is 0.492 e. The number of hydrogen-bond acceptors (Lipinski definition) is 15. The molecule has 5 aromatic heterocycles. The van der Waals surface area contributed by atoms with Crippen molar-refractivity contribution in [3.63, 3.8) is 0 Å². The van der Waals surface area contributed by atoms with Gasteiger partial charge >= 0.3 is 13.6 Å². The van der Waals surface area contributed by atoms with Crippen LogP contribution < -0.4 is 5.73 Å². The summed E-state index contributed by atoms with van der Waals surface area (Å²) >= 11 is 8.29. The monoisotopic (exact) mass is 714 g/mol. The summed E-state index contributed by atoms with van der Waals surface area (Å²) in [6, 6.07) is -0.286. The van der Waals surface area contributed by atoms with Crippen molar-refractivity contribution in [3.05, 3.63) is 31.4 Å². The molecule has 23 heteroatoms. The number of nitrogens with zero attached hydrogens (tertiary/aromatic N) is 9. The maximum absolute atomic E-state index is 16.1. The van der Waals surface area contributed by atoms with Gasteiger partial charge in [-0.05, 0) is 12.3 Å². The number of nitrogens with two attached hydrogens (primary N) is 1. The van der Waals surface area contributed by atoms with Gasteiger partial charge in [0.2, 0.25) is 11.7 Å². The lowest BCUT2D eigenvalue weighted by molar-refractivity contribution is -0.0408. The number of thiol groups is 2. The van der Waals surface area contributed by atoms with Crippen LogP contribution in [0.5, 0.6) is 5.88 Å². The molecule has 8 rings (SSSR count). The van der Waals surface area contributed by atoms with Crippen molar-refractivity contribution in [3.8, 4) is 5.88 Å². The first kappa shape index (κ1) is 30.5. The topological polar surface area (TPSA) is 218 Å². The number of halogens is 1. The van der Waals surface area contributed by atoms with Crippen LogP contribution in [-0.4, -0.2) is 86.7 Å². The molecule has 0 spiro atoms. The van der Waals surface area contributed by atoms with Gasteiger partial charge in [-0.3, -0.25) is 18.0 Å². The first-order valence-corrected chi connectivity index (χ1v) is 19.3. The summed E-state index contributed by atoms with van der Waals surface area (Å²) in [6.45, 7) is -8.94. The van der Waals surface area contributed by atoms with E-state index < -0.39 is 44.8 Å². The molecule has 0 aromatic carbocycles. The molecule has 1 aliphatic carbocycles. The maximum atomic E-state index is 16.1. The van der Waals surface area contributed by atoms with E-state index in [4.69, 9.17) is 28.6 Å². The normalized spacial score (nSPS) is 35.7. The van der Waals surface area contributed by atoms with E-state index in [-0.39, 0.29) is 65.2 Å². The summed E-state index contributed by atoms with van der Waals surface area (Å²) < 4.78 is 76.2. The summed E-state index contributed by atoms with van der Waals surface area (Å²) in [5.41, 5.74) is 7.09. The number of imidazole rings is 3. The van der Waals surface area contributed by atoms with Crippen LogP contribution in [-0.2, 0) is 32.0 Å². The van der Waals surface area contributed by atoms with Crippen LogP contribution in [0.4, 0.5) is 10.2 Å². The lowest BCUT2D eigenvalue weighted by atomic mass is 9.70. The van der Waals surface area contributed by atoms with E-state index >= 15 is 4.39 Å². The van der Waals surface area contributed by atoms with E-state index in [1.807, 2.05) is 4.57 Å². The number of nitrogen functional groups attached to an aromatic ring is 1. The van der Waals surface area contributed by atoms with Crippen molar-refractivity contribution in [1.82, 2.24) is 43.4 Å². The number of ether oxygens (including phenoxy) is 1. The zero-order chi connectivity index (χ0) is 32.0. The Hall–Kier alpha value is -2.87. The van der Waals surface area contributed by atoms with Gasteiger partial charge in [0.25, 0.3) is 0 Å².